The Balaban J connectivity index is 1.41. The highest BCUT2D eigenvalue weighted by atomic mass is 16.6. The Morgan fingerprint density at radius 3 is 2.42 bits per heavy atom. The summed E-state index contributed by atoms with van der Waals surface area (Å²) < 4.78 is 22.2. The molecule has 0 bridgehead atoms. The second kappa shape index (κ2) is 9.21. The van der Waals surface area contributed by atoms with Crippen molar-refractivity contribution < 1.29 is 28.5 Å². The molecule has 1 aliphatic rings. The molecule has 0 aliphatic carbocycles. The highest BCUT2D eigenvalue weighted by Crippen LogP contribution is 2.32. The lowest BCUT2D eigenvalue weighted by Crippen LogP contribution is -2.30. The molecule has 0 fully saturated rings. The first-order valence-corrected chi connectivity index (χ1v) is 9.83. The first kappa shape index (κ1) is 20.3. The van der Waals surface area contributed by atoms with Crippen molar-refractivity contribution in [1.29, 1.82) is 0 Å². The van der Waals surface area contributed by atoms with Crippen molar-refractivity contribution in [1.82, 2.24) is 0 Å². The Bertz CT molecular complexity index is 1080. The first-order chi connectivity index (χ1) is 15.1. The number of carbonyl (C=O) groups excluding carboxylic acids is 2. The third-order valence-corrected chi connectivity index (χ3v) is 4.54. The van der Waals surface area contributed by atoms with Gasteiger partial charge in [0.15, 0.2) is 17.6 Å². The molecule has 1 amide bonds. The largest absolute Gasteiger partial charge is 0.486 e. The minimum atomic E-state index is -1.02. The lowest BCUT2D eigenvalue weighted by Gasteiger charge is -2.19. The number of para-hydroxylation sites is 2. The van der Waals surface area contributed by atoms with Crippen LogP contribution in [0.2, 0.25) is 0 Å². The Labute approximate surface area is 179 Å². The van der Waals surface area contributed by atoms with Gasteiger partial charge in [-0.15, -0.1) is 0 Å². The Hall–Kier alpha value is -4.00. The van der Waals surface area contributed by atoms with Crippen molar-refractivity contribution in [3.05, 3.63) is 78.4 Å². The fourth-order valence-corrected chi connectivity index (χ4v) is 2.98. The molecular formula is C24H21NO6. The molecule has 0 saturated heterocycles. The number of hydrogen-bond acceptors (Lipinski definition) is 6. The summed E-state index contributed by atoms with van der Waals surface area (Å²) in [6.45, 7) is 2.44. The van der Waals surface area contributed by atoms with Gasteiger partial charge in [-0.1, -0.05) is 30.3 Å². The van der Waals surface area contributed by atoms with Crippen molar-refractivity contribution >= 4 is 17.6 Å². The molecule has 7 nitrogen and oxygen atoms in total. The van der Waals surface area contributed by atoms with Crippen LogP contribution in [-0.4, -0.2) is 31.2 Å². The number of amides is 1. The van der Waals surface area contributed by atoms with Gasteiger partial charge in [-0.2, -0.15) is 0 Å². The monoisotopic (exact) mass is 419 g/mol. The number of ether oxygens (including phenoxy) is 4. The molecule has 4 rings (SSSR count). The molecule has 1 heterocycles. The van der Waals surface area contributed by atoms with Crippen molar-refractivity contribution in [3.8, 4) is 23.0 Å². The summed E-state index contributed by atoms with van der Waals surface area (Å²) in [4.78, 5) is 25.2. The van der Waals surface area contributed by atoms with E-state index in [1.165, 1.54) is 6.92 Å². The van der Waals surface area contributed by atoms with Crippen molar-refractivity contribution in [2.24, 2.45) is 0 Å². The molecule has 1 N–H and O–H groups in total. The fraction of sp³-hybridized carbons (Fsp3) is 0.167. The van der Waals surface area contributed by atoms with Gasteiger partial charge in [0.05, 0.1) is 0 Å². The van der Waals surface area contributed by atoms with Crippen LogP contribution in [0.3, 0.4) is 0 Å². The Morgan fingerprint density at radius 2 is 1.61 bits per heavy atom. The SMILES string of the molecule is CC(OC(=O)c1ccccc1Oc1ccccc1)C(=O)Nc1ccc2c(c1)OCCO2. The summed E-state index contributed by atoms with van der Waals surface area (Å²) >= 11 is 0. The summed E-state index contributed by atoms with van der Waals surface area (Å²) in [5.74, 6) is 0.993. The maximum Gasteiger partial charge on any atom is 0.342 e. The van der Waals surface area contributed by atoms with Crippen LogP contribution in [0.25, 0.3) is 0 Å². The molecule has 0 radical (unpaired) electrons. The number of hydrogen-bond donors (Lipinski definition) is 1. The predicted molar refractivity (Wildman–Crippen MR) is 114 cm³/mol. The van der Waals surface area contributed by atoms with Gasteiger partial charge in [0.25, 0.3) is 5.91 Å². The topological polar surface area (TPSA) is 83.1 Å². The zero-order chi connectivity index (χ0) is 21.6. The van der Waals surface area contributed by atoms with Crippen LogP contribution < -0.4 is 19.5 Å². The molecule has 31 heavy (non-hydrogen) atoms. The van der Waals surface area contributed by atoms with Crippen LogP contribution >= 0.6 is 0 Å². The van der Waals surface area contributed by atoms with Gasteiger partial charge in [0, 0.05) is 11.8 Å². The Kier molecular flexibility index (Phi) is 6.03. The number of rotatable bonds is 6. The highest BCUT2D eigenvalue weighted by Gasteiger charge is 2.22. The average Bonchev–Trinajstić information content (AvgIpc) is 2.80. The lowest BCUT2D eigenvalue weighted by molar-refractivity contribution is -0.123. The van der Waals surface area contributed by atoms with Crippen LogP contribution in [-0.2, 0) is 9.53 Å². The molecule has 1 atom stereocenters. The smallest absolute Gasteiger partial charge is 0.342 e. The molecule has 3 aromatic carbocycles. The van der Waals surface area contributed by atoms with E-state index in [1.807, 2.05) is 18.2 Å². The fourth-order valence-electron chi connectivity index (χ4n) is 2.98. The van der Waals surface area contributed by atoms with Gasteiger partial charge >= 0.3 is 5.97 Å². The van der Waals surface area contributed by atoms with E-state index in [4.69, 9.17) is 18.9 Å². The second-order valence-electron chi connectivity index (χ2n) is 6.81. The standard InChI is InChI=1S/C24H21NO6/c1-16(23(26)25-17-11-12-21-22(15-17)29-14-13-28-21)30-24(27)19-9-5-6-10-20(19)31-18-7-3-2-4-8-18/h2-12,15-16H,13-14H2,1H3,(H,25,26). The van der Waals surface area contributed by atoms with Crippen LogP contribution in [0.1, 0.15) is 17.3 Å². The molecule has 7 heteroatoms. The molecule has 0 spiro atoms. The molecule has 1 unspecified atom stereocenters. The molecule has 0 saturated carbocycles. The van der Waals surface area contributed by atoms with Gasteiger partial charge in [-0.3, -0.25) is 4.79 Å². The van der Waals surface area contributed by atoms with E-state index >= 15 is 0 Å². The summed E-state index contributed by atoms with van der Waals surface area (Å²) in [5, 5.41) is 2.72. The molecular weight excluding hydrogens is 398 g/mol. The van der Waals surface area contributed by atoms with Gasteiger partial charge in [0.2, 0.25) is 0 Å². The Morgan fingerprint density at radius 1 is 0.903 bits per heavy atom. The zero-order valence-corrected chi connectivity index (χ0v) is 16.9. The van der Waals surface area contributed by atoms with E-state index < -0.39 is 18.0 Å². The second-order valence-corrected chi connectivity index (χ2v) is 6.81. The molecule has 0 aromatic heterocycles. The van der Waals surface area contributed by atoms with Crippen LogP contribution in [0.5, 0.6) is 23.0 Å². The summed E-state index contributed by atoms with van der Waals surface area (Å²) in [5.41, 5.74) is 0.746. The van der Waals surface area contributed by atoms with Crippen LogP contribution in [0, 0.1) is 0 Å². The lowest BCUT2D eigenvalue weighted by atomic mass is 10.2. The van der Waals surface area contributed by atoms with E-state index in [0.29, 0.717) is 41.9 Å². The van der Waals surface area contributed by atoms with Crippen molar-refractivity contribution in [2.45, 2.75) is 13.0 Å². The number of carbonyl (C=O) groups is 2. The third kappa shape index (κ3) is 4.95. The third-order valence-electron chi connectivity index (χ3n) is 4.54. The van der Waals surface area contributed by atoms with Gasteiger partial charge in [-0.25, -0.2) is 4.79 Å². The summed E-state index contributed by atoms with van der Waals surface area (Å²) in [6.07, 6.45) is -1.02. The van der Waals surface area contributed by atoms with Gasteiger partial charge < -0.3 is 24.3 Å². The van der Waals surface area contributed by atoms with E-state index in [-0.39, 0.29) is 5.56 Å². The van der Waals surface area contributed by atoms with E-state index in [2.05, 4.69) is 5.32 Å². The van der Waals surface area contributed by atoms with E-state index in [0.717, 1.165) is 0 Å². The maximum atomic E-state index is 12.7. The normalized spacial score (nSPS) is 13.1. The molecule has 1 aliphatic heterocycles. The number of esters is 1. The highest BCUT2D eigenvalue weighted by molar-refractivity contribution is 5.98. The number of anilines is 1. The molecule has 3 aromatic rings. The van der Waals surface area contributed by atoms with Gasteiger partial charge in [0.1, 0.15) is 30.3 Å². The zero-order valence-electron chi connectivity index (χ0n) is 16.9. The van der Waals surface area contributed by atoms with Crippen molar-refractivity contribution in [2.75, 3.05) is 18.5 Å². The summed E-state index contributed by atoms with van der Waals surface area (Å²) in [7, 11) is 0. The molecule has 158 valence electrons. The average molecular weight is 419 g/mol. The number of nitrogens with one attached hydrogen (secondary N) is 1. The van der Waals surface area contributed by atoms with Crippen LogP contribution in [0.4, 0.5) is 5.69 Å². The van der Waals surface area contributed by atoms with Crippen LogP contribution in [0.15, 0.2) is 72.8 Å². The van der Waals surface area contributed by atoms with E-state index in [1.54, 1.807) is 54.6 Å². The minimum absolute atomic E-state index is 0.227. The first-order valence-electron chi connectivity index (χ1n) is 9.83. The quantitative estimate of drug-likeness (QED) is 0.595. The number of benzene rings is 3. The predicted octanol–water partition coefficient (Wildman–Crippen LogP) is 4.43. The van der Waals surface area contributed by atoms with E-state index in [9.17, 15) is 9.59 Å². The van der Waals surface area contributed by atoms with Gasteiger partial charge in [-0.05, 0) is 43.3 Å². The number of fused-ring (bicyclic) bond motifs is 1. The maximum absolute atomic E-state index is 12.7. The summed E-state index contributed by atoms with van der Waals surface area (Å²) in [6, 6.07) is 20.9. The minimum Gasteiger partial charge on any atom is -0.486 e. The van der Waals surface area contributed by atoms with Crippen molar-refractivity contribution in [3.63, 3.8) is 0 Å².